The molecular weight excluding hydrogens is 296 g/mol. The number of fused-ring (bicyclic) bond motifs is 6. The maximum absolute atomic E-state index is 6.24. The summed E-state index contributed by atoms with van der Waals surface area (Å²) in [5, 5.41) is 0. The van der Waals surface area contributed by atoms with Crippen LogP contribution < -0.4 is 0 Å². The van der Waals surface area contributed by atoms with E-state index >= 15 is 0 Å². The number of rotatable bonds is 0. The second-order valence-corrected chi connectivity index (χ2v) is 9.78. The molecule has 2 nitrogen and oxygen atoms in total. The predicted octanol–water partition coefficient (Wildman–Crippen LogP) is 5.10. The third-order valence-corrected chi connectivity index (χ3v) is 8.87. The molecular formula is C22H32O2. The Morgan fingerprint density at radius 3 is 2.75 bits per heavy atom. The van der Waals surface area contributed by atoms with Gasteiger partial charge in [0, 0.05) is 5.41 Å². The average Bonchev–Trinajstić information content (AvgIpc) is 3.15. The van der Waals surface area contributed by atoms with E-state index in [9.17, 15) is 0 Å². The van der Waals surface area contributed by atoms with Crippen LogP contribution in [0.1, 0.15) is 59.3 Å². The molecule has 0 radical (unpaired) electrons. The van der Waals surface area contributed by atoms with Crippen LogP contribution in [0, 0.1) is 34.5 Å². The number of hydrogen-bond donors (Lipinski definition) is 0. The van der Waals surface area contributed by atoms with E-state index in [1.54, 1.807) is 5.57 Å². The molecule has 5 rings (SSSR count). The largest absolute Gasteiger partial charge is 0.352 e. The molecule has 24 heavy (non-hydrogen) atoms. The molecule has 0 bridgehead atoms. The molecule has 1 aliphatic heterocycles. The highest BCUT2D eigenvalue weighted by atomic mass is 16.7. The highest BCUT2D eigenvalue weighted by molar-refractivity contribution is 5.32. The van der Waals surface area contributed by atoms with Crippen molar-refractivity contribution in [3.8, 4) is 0 Å². The maximum atomic E-state index is 6.24. The highest BCUT2D eigenvalue weighted by Crippen LogP contribution is 2.67. The lowest BCUT2D eigenvalue weighted by Crippen LogP contribution is -2.53. The number of ether oxygens (including phenoxy) is 2. The van der Waals surface area contributed by atoms with Gasteiger partial charge in [0.2, 0.25) is 0 Å². The number of hydrogen-bond acceptors (Lipinski definition) is 2. The molecule has 5 unspecified atom stereocenters. The topological polar surface area (TPSA) is 18.5 Å². The minimum Gasteiger partial charge on any atom is -0.352 e. The van der Waals surface area contributed by atoms with Gasteiger partial charge in [-0.2, -0.15) is 0 Å². The molecule has 0 amide bonds. The minimum absolute atomic E-state index is 0.00184. The zero-order valence-corrected chi connectivity index (χ0v) is 15.5. The average molecular weight is 328 g/mol. The Kier molecular flexibility index (Phi) is 3.24. The van der Waals surface area contributed by atoms with Crippen molar-refractivity contribution < 1.29 is 9.47 Å². The monoisotopic (exact) mass is 328 g/mol. The zero-order valence-electron chi connectivity index (χ0n) is 15.5. The van der Waals surface area contributed by atoms with E-state index in [0.717, 1.165) is 24.4 Å². The predicted molar refractivity (Wildman–Crippen MR) is 95.4 cm³/mol. The van der Waals surface area contributed by atoms with E-state index in [0.29, 0.717) is 18.1 Å². The van der Waals surface area contributed by atoms with Crippen molar-refractivity contribution in [2.75, 3.05) is 13.4 Å². The standard InChI is InChI=1S/C22H32O2/c1-15-6-9-20(2)16(12-15)4-5-17-18(20)7-10-21(3)19(17)8-11-22(21)13-23-14-24-22/h5-6,9,15-16,18-19H,4,7-8,10-14H2,1-3H3/t15?,16?,18?,19?,20-,21-,22?/m0/s1. The molecule has 2 heteroatoms. The first kappa shape index (κ1) is 15.6. The Bertz CT molecular complexity index is 599. The van der Waals surface area contributed by atoms with E-state index in [1.807, 2.05) is 0 Å². The second-order valence-electron chi connectivity index (χ2n) is 9.78. The van der Waals surface area contributed by atoms with E-state index in [1.165, 1.54) is 38.5 Å². The van der Waals surface area contributed by atoms with Gasteiger partial charge in [-0.15, -0.1) is 0 Å². The summed E-state index contributed by atoms with van der Waals surface area (Å²) in [7, 11) is 0. The van der Waals surface area contributed by atoms with E-state index in [4.69, 9.17) is 9.47 Å². The Hall–Kier alpha value is -0.600. The molecule has 3 fully saturated rings. The zero-order chi connectivity index (χ0) is 16.6. The van der Waals surface area contributed by atoms with Crippen molar-refractivity contribution >= 4 is 0 Å². The lowest BCUT2D eigenvalue weighted by molar-refractivity contribution is -0.0964. The summed E-state index contributed by atoms with van der Waals surface area (Å²) >= 11 is 0. The lowest BCUT2D eigenvalue weighted by Gasteiger charge is -2.56. The van der Waals surface area contributed by atoms with Gasteiger partial charge in [0.05, 0.1) is 6.61 Å². The summed E-state index contributed by atoms with van der Waals surface area (Å²) in [6.45, 7) is 8.76. The Morgan fingerprint density at radius 1 is 1.12 bits per heavy atom. The van der Waals surface area contributed by atoms with E-state index < -0.39 is 0 Å². The van der Waals surface area contributed by atoms with Crippen molar-refractivity contribution in [1.82, 2.24) is 0 Å². The number of allylic oxidation sites excluding steroid dienone is 4. The molecule has 1 heterocycles. The van der Waals surface area contributed by atoms with Gasteiger partial charge in [0.1, 0.15) is 12.4 Å². The van der Waals surface area contributed by atoms with Crippen LogP contribution in [0.4, 0.5) is 0 Å². The molecule has 2 saturated carbocycles. The first-order chi connectivity index (χ1) is 11.5. The molecule has 1 spiro atoms. The van der Waals surface area contributed by atoms with Crippen molar-refractivity contribution in [2.45, 2.75) is 64.9 Å². The Morgan fingerprint density at radius 2 is 1.96 bits per heavy atom. The summed E-state index contributed by atoms with van der Waals surface area (Å²) in [5.74, 6) is 3.07. The van der Waals surface area contributed by atoms with Gasteiger partial charge < -0.3 is 9.47 Å². The fraction of sp³-hybridized carbons (Fsp3) is 0.818. The van der Waals surface area contributed by atoms with E-state index in [-0.39, 0.29) is 11.0 Å². The second kappa shape index (κ2) is 4.98. The molecule has 1 saturated heterocycles. The summed E-state index contributed by atoms with van der Waals surface area (Å²) < 4.78 is 11.9. The normalized spacial score (nSPS) is 55.9. The van der Waals surface area contributed by atoms with Crippen LogP contribution in [0.25, 0.3) is 0 Å². The third kappa shape index (κ3) is 1.80. The van der Waals surface area contributed by atoms with E-state index in [2.05, 4.69) is 39.0 Å². The smallest absolute Gasteiger partial charge is 0.147 e. The van der Waals surface area contributed by atoms with Gasteiger partial charge in [-0.3, -0.25) is 0 Å². The summed E-state index contributed by atoms with van der Waals surface area (Å²) in [6.07, 6.45) is 15.5. The molecule has 0 aromatic rings. The summed E-state index contributed by atoms with van der Waals surface area (Å²) in [6, 6.07) is 0. The lowest BCUT2D eigenvalue weighted by atomic mass is 9.48. The van der Waals surface area contributed by atoms with Crippen molar-refractivity contribution in [3.05, 3.63) is 23.8 Å². The Labute approximate surface area is 146 Å². The SMILES string of the molecule is CC1C=C[C@@]2(C)C(CC=C3C2CC[C@@]2(C)C3CCC23COCO3)C1. The van der Waals surface area contributed by atoms with Crippen LogP contribution in [0.2, 0.25) is 0 Å². The summed E-state index contributed by atoms with van der Waals surface area (Å²) in [4.78, 5) is 0. The van der Waals surface area contributed by atoms with Gasteiger partial charge in [-0.25, -0.2) is 0 Å². The van der Waals surface area contributed by atoms with Crippen LogP contribution in [-0.2, 0) is 9.47 Å². The van der Waals surface area contributed by atoms with Crippen LogP contribution in [0.5, 0.6) is 0 Å². The van der Waals surface area contributed by atoms with Gasteiger partial charge in [0.15, 0.2) is 0 Å². The van der Waals surface area contributed by atoms with Crippen LogP contribution in [0.3, 0.4) is 0 Å². The van der Waals surface area contributed by atoms with Crippen LogP contribution in [0.15, 0.2) is 23.8 Å². The van der Waals surface area contributed by atoms with Gasteiger partial charge in [-0.1, -0.05) is 44.6 Å². The third-order valence-electron chi connectivity index (χ3n) is 8.87. The summed E-state index contributed by atoms with van der Waals surface area (Å²) in [5.41, 5.74) is 2.45. The van der Waals surface area contributed by atoms with Crippen molar-refractivity contribution in [1.29, 1.82) is 0 Å². The molecule has 0 aromatic heterocycles. The fourth-order valence-electron chi connectivity index (χ4n) is 7.24. The first-order valence-electron chi connectivity index (χ1n) is 10.1. The first-order valence-corrected chi connectivity index (χ1v) is 10.1. The minimum atomic E-state index is -0.00184. The van der Waals surface area contributed by atoms with Crippen molar-refractivity contribution in [3.63, 3.8) is 0 Å². The quantitative estimate of drug-likeness (QED) is 0.576. The van der Waals surface area contributed by atoms with Crippen LogP contribution in [-0.4, -0.2) is 19.0 Å². The van der Waals surface area contributed by atoms with Gasteiger partial charge >= 0.3 is 0 Å². The van der Waals surface area contributed by atoms with Crippen molar-refractivity contribution in [2.24, 2.45) is 34.5 Å². The molecule has 7 atom stereocenters. The highest BCUT2D eigenvalue weighted by Gasteiger charge is 2.64. The van der Waals surface area contributed by atoms with Gasteiger partial charge in [-0.05, 0) is 67.6 Å². The molecule has 132 valence electrons. The Balaban J connectivity index is 1.52. The molecule has 5 aliphatic rings. The maximum Gasteiger partial charge on any atom is 0.147 e. The van der Waals surface area contributed by atoms with Crippen LogP contribution >= 0.6 is 0 Å². The fourth-order valence-corrected chi connectivity index (χ4v) is 7.24. The molecule has 0 aromatic carbocycles. The molecule has 0 N–H and O–H groups in total. The van der Waals surface area contributed by atoms with Gasteiger partial charge in [0.25, 0.3) is 0 Å². The molecule has 4 aliphatic carbocycles.